The summed E-state index contributed by atoms with van der Waals surface area (Å²) in [7, 11) is 0. The lowest BCUT2D eigenvalue weighted by Crippen LogP contribution is -2.31. The predicted molar refractivity (Wildman–Crippen MR) is 137 cm³/mol. The third-order valence-electron chi connectivity index (χ3n) is 5.50. The molecule has 10 heteroatoms. The molecule has 0 spiro atoms. The van der Waals surface area contributed by atoms with E-state index in [-0.39, 0.29) is 29.6 Å². The van der Waals surface area contributed by atoms with Crippen molar-refractivity contribution in [2.75, 3.05) is 18.1 Å². The summed E-state index contributed by atoms with van der Waals surface area (Å²) in [6, 6.07) is 14.3. The molecule has 0 N–H and O–H groups in total. The van der Waals surface area contributed by atoms with Gasteiger partial charge in [-0.25, -0.2) is 19.7 Å². The zero-order chi connectivity index (χ0) is 26.5. The van der Waals surface area contributed by atoms with Crippen LogP contribution in [0.15, 0.2) is 59.8 Å². The zero-order valence-electron chi connectivity index (χ0n) is 20.6. The summed E-state index contributed by atoms with van der Waals surface area (Å²) in [6.07, 6.45) is 0.0251. The fourth-order valence-electron chi connectivity index (χ4n) is 3.79. The topological polar surface area (TPSA) is 116 Å². The molecule has 2 aromatic carbocycles. The minimum absolute atomic E-state index is 0.0251. The van der Waals surface area contributed by atoms with Crippen LogP contribution in [0.5, 0.6) is 5.75 Å². The average Bonchev–Trinajstić information content (AvgIpc) is 3.14. The molecule has 1 aliphatic heterocycles. The SMILES string of the molecule is CCOc1ccc(C(=O)COC(=O)c2ccc(N3C(=O)CC(Sc4nc(C)cc(C)n4)C3=O)cc2)cc1. The van der Waals surface area contributed by atoms with E-state index in [0.717, 1.165) is 28.0 Å². The number of thioether (sulfide) groups is 1. The molecule has 190 valence electrons. The van der Waals surface area contributed by atoms with Gasteiger partial charge >= 0.3 is 5.97 Å². The summed E-state index contributed by atoms with van der Waals surface area (Å²) >= 11 is 1.16. The first-order valence-corrected chi connectivity index (χ1v) is 12.5. The highest BCUT2D eigenvalue weighted by atomic mass is 32.2. The number of ketones is 1. The van der Waals surface area contributed by atoms with Crippen molar-refractivity contribution >= 4 is 41.0 Å². The molecule has 2 amide bonds. The first-order chi connectivity index (χ1) is 17.7. The van der Waals surface area contributed by atoms with Crippen LogP contribution in [-0.2, 0) is 14.3 Å². The van der Waals surface area contributed by atoms with Crippen LogP contribution < -0.4 is 9.64 Å². The van der Waals surface area contributed by atoms with Gasteiger partial charge in [0.15, 0.2) is 17.5 Å². The lowest BCUT2D eigenvalue weighted by molar-refractivity contribution is -0.121. The van der Waals surface area contributed by atoms with Crippen LogP contribution in [0.2, 0.25) is 0 Å². The maximum absolute atomic E-state index is 13.0. The van der Waals surface area contributed by atoms with E-state index in [1.54, 1.807) is 24.3 Å². The average molecular weight is 520 g/mol. The Morgan fingerprint density at radius 3 is 2.22 bits per heavy atom. The third-order valence-corrected chi connectivity index (χ3v) is 6.54. The number of imide groups is 1. The monoisotopic (exact) mass is 519 g/mol. The number of nitrogens with zero attached hydrogens (tertiary/aromatic N) is 3. The van der Waals surface area contributed by atoms with E-state index in [9.17, 15) is 19.2 Å². The molecule has 0 saturated carbocycles. The minimum atomic E-state index is -0.690. The molecule has 1 saturated heterocycles. The van der Waals surface area contributed by atoms with Gasteiger partial charge < -0.3 is 9.47 Å². The highest BCUT2D eigenvalue weighted by Gasteiger charge is 2.40. The molecule has 9 nitrogen and oxygen atoms in total. The molecule has 4 rings (SSSR count). The van der Waals surface area contributed by atoms with Gasteiger partial charge in [-0.05, 0) is 75.4 Å². The number of benzene rings is 2. The van der Waals surface area contributed by atoms with E-state index in [2.05, 4.69) is 9.97 Å². The Hall–Kier alpha value is -4.05. The number of hydrogen-bond acceptors (Lipinski definition) is 9. The summed E-state index contributed by atoms with van der Waals surface area (Å²) in [5, 5.41) is -0.185. The number of aromatic nitrogens is 2. The number of rotatable bonds is 9. The number of carbonyl (C=O) groups is 4. The van der Waals surface area contributed by atoms with Crippen molar-refractivity contribution in [1.82, 2.24) is 9.97 Å². The summed E-state index contributed by atoms with van der Waals surface area (Å²) in [6.45, 7) is 5.65. The molecule has 1 aliphatic rings. The summed E-state index contributed by atoms with van der Waals surface area (Å²) in [5.41, 5.74) is 2.51. The lowest BCUT2D eigenvalue weighted by atomic mass is 10.1. The molecule has 0 radical (unpaired) electrons. The Labute approximate surface area is 218 Å². The van der Waals surface area contributed by atoms with E-state index < -0.39 is 17.8 Å². The van der Waals surface area contributed by atoms with E-state index in [1.807, 2.05) is 26.8 Å². The van der Waals surface area contributed by atoms with Gasteiger partial charge in [0.25, 0.3) is 0 Å². The van der Waals surface area contributed by atoms with E-state index in [0.29, 0.717) is 28.8 Å². The third kappa shape index (κ3) is 6.21. The van der Waals surface area contributed by atoms with Crippen LogP contribution in [0.25, 0.3) is 0 Å². The number of Topliss-reactive ketones (excluding diaryl/α,β-unsaturated/α-hetero) is 1. The van der Waals surface area contributed by atoms with E-state index >= 15 is 0 Å². The highest BCUT2D eigenvalue weighted by Crippen LogP contribution is 2.32. The number of hydrogen-bond donors (Lipinski definition) is 0. The second kappa shape index (κ2) is 11.3. The molecule has 37 heavy (non-hydrogen) atoms. The van der Waals surface area contributed by atoms with Crippen LogP contribution >= 0.6 is 11.8 Å². The Kier molecular flexibility index (Phi) is 7.98. The van der Waals surface area contributed by atoms with Crippen LogP contribution in [0, 0.1) is 13.8 Å². The number of anilines is 1. The Balaban J connectivity index is 1.36. The van der Waals surface area contributed by atoms with Crippen molar-refractivity contribution in [3.05, 3.63) is 77.1 Å². The second-order valence-electron chi connectivity index (χ2n) is 8.31. The number of carbonyl (C=O) groups excluding carboxylic acids is 4. The number of amides is 2. The normalized spacial score (nSPS) is 15.1. The van der Waals surface area contributed by atoms with Crippen molar-refractivity contribution < 1.29 is 28.7 Å². The van der Waals surface area contributed by atoms with Crippen LogP contribution in [0.1, 0.15) is 45.4 Å². The van der Waals surface area contributed by atoms with Gasteiger partial charge in [-0.15, -0.1) is 0 Å². The molecule has 0 bridgehead atoms. The molecular formula is C27H25N3O6S. The summed E-state index contributed by atoms with van der Waals surface area (Å²) < 4.78 is 10.5. The molecule has 0 aliphatic carbocycles. The maximum atomic E-state index is 13.0. The fraction of sp³-hybridized carbons (Fsp3) is 0.259. The van der Waals surface area contributed by atoms with Gasteiger partial charge in [0.2, 0.25) is 11.8 Å². The first kappa shape index (κ1) is 26.0. The van der Waals surface area contributed by atoms with Crippen LogP contribution in [0.4, 0.5) is 5.69 Å². The number of aryl methyl sites for hydroxylation is 2. The second-order valence-corrected chi connectivity index (χ2v) is 9.48. The lowest BCUT2D eigenvalue weighted by Gasteiger charge is -2.15. The van der Waals surface area contributed by atoms with Gasteiger partial charge in [-0.2, -0.15) is 0 Å². The molecule has 2 heterocycles. The highest BCUT2D eigenvalue weighted by molar-refractivity contribution is 8.00. The molecule has 1 unspecified atom stereocenters. The fourth-order valence-corrected chi connectivity index (χ4v) is 4.87. The van der Waals surface area contributed by atoms with Gasteiger partial charge in [0.05, 0.1) is 17.9 Å². The number of ether oxygens (including phenoxy) is 2. The largest absolute Gasteiger partial charge is 0.494 e. The minimum Gasteiger partial charge on any atom is -0.494 e. The number of esters is 1. The zero-order valence-corrected chi connectivity index (χ0v) is 21.4. The van der Waals surface area contributed by atoms with Gasteiger partial charge in [-0.3, -0.25) is 14.4 Å². The molecule has 1 atom stereocenters. The van der Waals surface area contributed by atoms with Crippen molar-refractivity contribution in [3.8, 4) is 5.75 Å². The molecular weight excluding hydrogens is 494 g/mol. The van der Waals surface area contributed by atoms with Crippen LogP contribution in [-0.4, -0.2) is 52.0 Å². The summed E-state index contributed by atoms with van der Waals surface area (Å²) in [5.74, 6) is -1.10. The Bertz CT molecular complexity index is 1320. The van der Waals surface area contributed by atoms with Crippen molar-refractivity contribution in [3.63, 3.8) is 0 Å². The van der Waals surface area contributed by atoms with Gasteiger partial charge in [-0.1, -0.05) is 11.8 Å². The van der Waals surface area contributed by atoms with E-state index in [1.165, 1.54) is 24.3 Å². The van der Waals surface area contributed by atoms with Crippen molar-refractivity contribution in [2.45, 2.75) is 37.6 Å². The van der Waals surface area contributed by atoms with Gasteiger partial charge in [0, 0.05) is 23.4 Å². The smallest absolute Gasteiger partial charge is 0.338 e. The quantitative estimate of drug-likeness (QED) is 0.179. The van der Waals surface area contributed by atoms with Gasteiger partial charge in [0.1, 0.15) is 11.0 Å². The Morgan fingerprint density at radius 2 is 1.59 bits per heavy atom. The van der Waals surface area contributed by atoms with Crippen molar-refractivity contribution in [2.24, 2.45) is 0 Å². The molecule has 1 aromatic heterocycles. The maximum Gasteiger partial charge on any atom is 0.338 e. The van der Waals surface area contributed by atoms with E-state index in [4.69, 9.17) is 9.47 Å². The van der Waals surface area contributed by atoms with Crippen LogP contribution in [0.3, 0.4) is 0 Å². The Morgan fingerprint density at radius 1 is 0.973 bits per heavy atom. The molecule has 1 fully saturated rings. The molecule has 3 aromatic rings. The predicted octanol–water partition coefficient (Wildman–Crippen LogP) is 3.96. The standard InChI is InChI=1S/C27H25N3O6S/c1-4-35-21-11-7-18(8-12-21)22(31)15-36-26(34)19-5-9-20(10-6-19)30-24(32)14-23(25(30)33)37-27-28-16(2)13-17(3)29-27/h5-13,23H,4,14-15H2,1-3H3. The van der Waals surface area contributed by atoms with Crippen molar-refractivity contribution in [1.29, 1.82) is 0 Å². The summed E-state index contributed by atoms with van der Waals surface area (Å²) in [4.78, 5) is 60.1. The first-order valence-electron chi connectivity index (χ1n) is 11.6.